The van der Waals surface area contributed by atoms with Gasteiger partial charge in [0.05, 0.1) is 30.0 Å². The first-order valence-corrected chi connectivity index (χ1v) is 14.8. The van der Waals surface area contributed by atoms with E-state index in [1.807, 2.05) is 6.92 Å². The van der Waals surface area contributed by atoms with Crippen molar-refractivity contribution >= 4 is 17.5 Å². The fourth-order valence-electron chi connectivity index (χ4n) is 5.99. The highest BCUT2D eigenvalue weighted by Gasteiger charge is 2.45. The van der Waals surface area contributed by atoms with Gasteiger partial charge in [0, 0.05) is 50.5 Å². The average molecular weight is 626 g/mol. The second-order valence-corrected chi connectivity index (χ2v) is 11.9. The number of amides is 2. The second kappa shape index (κ2) is 12.3. The summed E-state index contributed by atoms with van der Waals surface area (Å²) in [6, 6.07) is 2.44. The van der Waals surface area contributed by atoms with Crippen LogP contribution in [0.3, 0.4) is 0 Å². The highest BCUT2D eigenvalue weighted by Crippen LogP contribution is 2.42. The number of hydrogen-bond donors (Lipinski definition) is 2. The van der Waals surface area contributed by atoms with Gasteiger partial charge in [-0.05, 0) is 52.0 Å². The number of hydrogen-bond acceptors (Lipinski definition) is 6. The number of aryl methyl sites for hydroxylation is 1. The molecule has 240 valence electrons. The van der Waals surface area contributed by atoms with E-state index in [9.17, 15) is 31.5 Å². The monoisotopic (exact) mass is 625 g/mol. The Morgan fingerprint density at radius 2 is 1.98 bits per heavy atom. The molecule has 0 aromatic carbocycles. The van der Waals surface area contributed by atoms with Crippen LogP contribution in [-0.2, 0) is 17.8 Å². The maximum absolute atomic E-state index is 14.1. The van der Waals surface area contributed by atoms with Crippen LogP contribution >= 0.6 is 0 Å². The molecule has 1 unspecified atom stereocenters. The maximum atomic E-state index is 14.1. The highest BCUT2D eigenvalue weighted by molar-refractivity contribution is 5.92. The molecule has 1 aliphatic heterocycles. The van der Waals surface area contributed by atoms with Gasteiger partial charge in [0.1, 0.15) is 17.1 Å². The summed E-state index contributed by atoms with van der Waals surface area (Å²) in [6.07, 6.45) is -2.46. The van der Waals surface area contributed by atoms with E-state index >= 15 is 0 Å². The molecule has 15 heteroatoms. The third kappa shape index (κ3) is 6.96. The van der Waals surface area contributed by atoms with Crippen LogP contribution in [0.15, 0.2) is 24.5 Å². The zero-order chi connectivity index (χ0) is 31.8. The molecule has 2 N–H and O–H groups in total. The topological polar surface area (TPSA) is 115 Å². The number of aromatic nitrogens is 5. The third-order valence-corrected chi connectivity index (χ3v) is 8.32. The normalized spacial score (nSPS) is 21.8. The lowest BCUT2D eigenvalue weighted by molar-refractivity contribution is -0.183. The van der Waals surface area contributed by atoms with Gasteiger partial charge in [0.2, 0.25) is 11.8 Å². The molecular weight excluding hydrogens is 589 g/mol. The summed E-state index contributed by atoms with van der Waals surface area (Å²) in [6.45, 7) is 5.39. The van der Waals surface area contributed by atoms with E-state index in [2.05, 4.69) is 25.8 Å². The van der Waals surface area contributed by atoms with Crippen LogP contribution < -0.4 is 15.4 Å². The molecule has 1 saturated heterocycles. The van der Waals surface area contributed by atoms with Gasteiger partial charge in [-0.3, -0.25) is 14.3 Å². The number of carbonyl (C=O) groups excluding carboxylic acids is 2. The Hall–Kier alpha value is -3.78. The smallest absolute Gasteiger partial charge is 0.393 e. The molecule has 1 aliphatic carbocycles. The number of carbonyl (C=O) groups is 2. The first-order chi connectivity index (χ1) is 20.7. The molecule has 5 rings (SSSR count). The molecular formula is C29H36F5N7O3. The van der Waals surface area contributed by atoms with E-state index < -0.39 is 48.3 Å². The zero-order valence-electron chi connectivity index (χ0n) is 24.7. The van der Waals surface area contributed by atoms with Crippen molar-refractivity contribution in [1.29, 1.82) is 0 Å². The lowest BCUT2D eigenvalue weighted by Crippen LogP contribution is -2.47. The van der Waals surface area contributed by atoms with E-state index in [0.29, 0.717) is 23.6 Å². The van der Waals surface area contributed by atoms with Crippen LogP contribution in [0.1, 0.15) is 80.8 Å². The van der Waals surface area contributed by atoms with Crippen molar-refractivity contribution in [2.75, 3.05) is 6.54 Å². The Labute approximate surface area is 250 Å². The van der Waals surface area contributed by atoms with Gasteiger partial charge in [-0.2, -0.15) is 23.4 Å². The van der Waals surface area contributed by atoms with E-state index in [1.54, 1.807) is 32.2 Å². The molecule has 3 aromatic rings. The average Bonchev–Trinajstić information content (AvgIpc) is 3.59. The van der Waals surface area contributed by atoms with Crippen LogP contribution in [0.2, 0.25) is 0 Å². The van der Waals surface area contributed by atoms with Crippen molar-refractivity contribution < 1.29 is 36.3 Å². The molecule has 0 bridgehead atoms. The molecule has 44 heavy (non-hydrogen) atoms. The molecule has 2 aliphatic rings. The van der Waals surface area contributed by atoms with E-state index in [4.69, 9.17) is 4.74 Å². The Morgan fingerprint density at radius 3 is 2.64 bits per heavy atom. The van der Waals surface area contributed by atoms with E-state index in [0.717, 1.165) is 0 Å². The number of nitrogens with zero attached hydrogens (tertiary/aromatic N) is 5. The maximum Gasteiger partial charge on any atom is 0.393 e. The first kappa shape index (κ1) is 31.6. The highest BCUT2D eigenvalue weighted by atomic mass is 19.4. The summed E-state index contributed by atoms with van der Waals surface area (Å²) in [5.41, 5.74) is 1.32. The Morgan fingerprint density at radius 1 is 1.25 bits per heavy atom. The van der Waals surface area contributed by atoms with Crippen LogP contribution in [0, 0.1) is 17.8 Å². The Kier molecular flexibility index (Phi) is 8.85. The number of fused-ring (bicyclic) bond motifs is 1. The Bertz CT molecular complexity index is 1490. The number of imidazole rings is 1. The lowest BCUT2D eigenvalue weighted by Gasteiger charge is -2.33. The van der Waals surface area contributed by atoms with Gasteiger partial charge < -0.3 is 15.4 Å². The third-order valence-electron chi connectivity index (χ3n) is 8.32. The van der Waals surface area contributed by atoms with Gasteiger partial charge in [0.15, 0.2) is 5.65 Å². The molecule has 3 aromatic heterocycles. The van der Waals surface area contributed by atoms with Gasteiger partial charge in [-0.1, -0.05) is 0 Å². The van der Waals surface area contributed by atoms with Crippen molar-refractivity contribution in [2.45, 2.75) is 90.1 Å². The summed E-state index contributed by atoms with van der Waals surface area (Å²) in [4.78, 5) is 30.6. The van der Waals surface area contributed by atoms with E-state index in [-0.39, 0.29) is 62.0 Å². The number of piperidine rings is 1. The number of alkyl halides is 5. The molecule has 1 saturated carbocycles. The number of nitrogens with one attached hydrogen (secondary N) is 2. The minimum atomic E-state index is -4.45. The zero-order valence-corrected chi connectivity index (χ0v) is 24.7. The van der Waals surface area contributed by atoms with Crippen molar-refractivity contribution in [3.63, 3.8) is 0 Å². The summed E-state index contributed by atoms with van der Waals surface area (Å²) in [5.74, 6) is -6.40. The molecule has 0 spiro atoms. The standard InChI is InChI=1S/C29H36F5N7O3/c1-4-40-22(7-10-36-40)27(43)38-25(17-5-8-28(30,31)9-6-17)21-15-41-24(37-21)13-23(44-16(2)3)20(39-41)12-18-11-19(29(32,33)34)14-35-26(18)42/h7,10,13,15-19,25H,4-6,8-9,11-12,14H2,1-3H3,(H,35,42)(H,38,43)/t18?,19-,25+/m1/s1. The van der Waals surface area contributed by atoms with Gasteiger partial charge >= 0.3 is 6.18 Å². The summed E-state index contributed by atoms with van der Waals surface area (Å²) < 4.78 is 77.4. The summed E-state index contributed by atoms with van der Waals surface area (Å²) in [7, 11) is 0. The molecule has 10 nitrogen and oxygen atoms in total. The predicted molar refractivity (Wildman–Crippen MR) is 148 cm³/mol. The number of halogens is 5. The SMILES string of the molecule is CCn1nccc1C(=O)N[C@H](c1cn2nc(CC3C[C@@H](C(F)(F)F)CNC3=O)c(OC(C)C)cc2n1)C1CCC(F)(F)CC1. The Balaban J connectivity index is 1.49. The van der Waals surface area contributed by atoms with Gasteiger partial charge in [0.25, 0.3) is 5.91 Å². The van der Waals surface area contributed by atoms with Crippen molar-refractivity contribution in [3.8, 4) is 5.75 Å². The predicted octanol–water partition coefficient (Wildman–Crippen LogP) is 4.89. The van der Waals surface area contributed by atoms with Gasteiger partial charge in [-0.15, -0.1) is 0 Å². The van der Waals surface area contributed by atoms with Crippen molar-refractivity contribution in [2.24, 2.45) is 17.8 Å². The second-order valence-electron chi connectivity index (χ2n) is 11.9. The van der Waals surface area contributed by atoms with Crippen LogP contribution in [0.4, 0.5) is 22.0 Å². The fraction of sp³-hybridized carbons (Fsp3) is 0.621. The fourth-order valence-corrected chi connectivity index (χ4v) is 5.99. The van der Waals surface area contributed by atoms with Crippen LogP contribution in [0.5, 0.6) is 5.75 Å². The largest absolute Gasteiger partial charge is 0.489 e. The quantitative estimate of drug-likeness (QED) is 0.328. The molecule has 2 fully saturated rings. The first-order valence-electron chi connectivity index (χ1n) is 14.8. The molecule has 4 heterocycles. The van der Waals surface area contributed by atoms with Crippen molar-refractivity contribution in [1.82, 2.24) is 35.0 Å². The number of ether oxygens (including phenoxy) is 1. The van der Waals surface area contributed by atoms with E-state index in [1.165, 1.54) is 15.4 Å². The molecule has 2 amide bonds. The summed E-state index contributed by atoms with van der Waals surface area (Å²) >= 11 is 0. The minimum absolute atomic E-state index is 0.0944. The van der Waals surface area contributed by atoms with Gasteiger partial charge in [-0.25, -0.2) is 18.3 Å². The minimum Gasteiger partial charge on any atom is -0.489 e. The van der Waals surface area contributed by atoms with Crippen LogP contribution in [-0.4, -0.2) is 60.9 Å². The lowest BCUT2D eigenvalue weighted by atomic mass is 9.81. The molecule has 3 atom stereocenters. The summed E-state index contributed by atoms with van der Waals surface area (Å²) in [5, 5.41) is 14.1. The van der Waals surface area contributed by atoms with Crippen molar-refractivity contribution in [3.05, 3.63) is 41.6 Å². The van der Waals surface area contributed by atoms with Crippen LogP contribution in [0.25, 0.3) is 5.65 Å². The number of rotatable bonds is 9. The molecule has 0 radical (unpaired) electrons.